The van der Waals surface area contributed by atoms with Gasteiger partial charge >= 0.3 is 29.6 Å². The Hall–Kier alpha value is -0.310. The SMILES string of the molecule is CCCCc1ccc2c(c1)CC(C(=O)[O-])C2.[Na+]. The van der Waals surface area contributed by atoms with Gasteiger partial charge in [0.15, 0.2) is 0 Å². The molecule has 0 amide bonds. The van der Waals surface area contributed by atoms with E-state index in [4.69, 9.17) is 0 Å². The number of aryl methyl sites for hydroxylation is 1. The van der Waals surface area contributed by atoms with E-state index in [2.05, 4.69) is 25.1 Å². The van der Waals surface area contributed by atoms with E-state index in [1.165, 1.54) is 29.5 Å². The van der Waals surface area contributed by atoms with Gasteiger partial charge in [0.05, 0.1) is 0 Å². The summed E-state index contributed by atoms with van der Waals surface area (Å²) in [7, 11) is 0. The third-order valence-corrected chi connectivity index (χ3v) is 3.36. The fourth-order valence-corrected chi connectivity index (χ4v) is 2.37. The minimum atomic E-state index is -0.911. The Morgan fingerprint density at radius 3 is 2.71 bits per heavy atom. The molecule has 1 aromatic rings. The number of carboxylic acids is 1. The molecule has 0 N–H and O–H groups in total. The van der Waals surface area contributed by atoms with E-state index in [1.54, 1.807) is 0 Å². The zero-order chi connectivity index (χ0) is 11.5. The summed E-state index contributed by atoms with van der Waals surface area (Å²) in [6.45, 7) is 2.18. The average molecular weight is 240 g/mol. The molecule has 0 fully saturated rings. The molecular weight excluding hydrogens is 223 g/mol. The fourth-order valence-electron chi connectivity index (χ4n) is 2.37. The summed E-state index contributed by atoms with van der Waals surface area (Å²) in [5, 5.41) is 10.8. The number of aliphatic carboxylic acids is 1. The van der Waals surface area contributed by atoms with E-state index in [1.807, 2.05) is 0 Å². The van der Waals surface area contributed by atoms with E-state index in [-0.39, 0.29) is 35.5 Å². The molecule has 0 radical (unpaired) electrons. The topological polar surface area (TPSA) is 40.1 Å². The second-order valence-electron chi connectivity index (χ2n) is 4.63. The molecule has 17 heavy (non-hydrogen) atoms. The third kappa shape index (κ3) is 3.57. The molecule has 1 unspecified atom stereocenters. The van der Waals surface area contributed by atoms with Crippen LogP contribution in [0.1, 0.15) is 36.5 Å². The largest absolute Gasteiger partial charge is 1.00 e. The van der Waals surface area contributed by atoms with Crippen molar-refractivity contribution in [1.29, 1.82) is 0 Å². The minimum absolute atomic E-state index is 0. The van der Waals surface area contributed by atoms with Crippen molar-refractivity contribution in [1.82, 2.24) is 0 Å². The first-order chi connectivity index (χ1) is 7.70. The van der Waals surface area contributed by atoms with Gasteiger partial charge in [-0.15, -0.1) is 0 Å². The molecule has 0 saturated carbocycles. The molecule has 0 aliphatic heterocycles. The maximum Gasteiger partial charge on any atom is 1.00 e. The van der Waals surface area contributed by atoms with Crippen LogP contribution < -0.4 is 34.7 Å². The summed E-state index contributed by atoms with van der Waals surface area (Å²) in [6, 6.07) is 6.39. The molecule has 2 nitrogen and oxygen atoms in total. The van der Waals surface area contributed by atoms with Gasteiger partial charge in [0.1, 0.15) is 0 Å². The maximum atomic E-state index is 10.8. The number of fused-ring (bicyclic) bond motifs is 1. The fraction of sp³-hybridized carbons (Fsp3) is 0.500. The van der Waals surface area contributed by atoms with Crippen LogP contribution in [0.4, 0.5) is 0 Å². The van der Waals surface area contributed by atoms with Crippen LogP contribution in [0.2, 0.25) is 0 Å². The van der Waals surface area contributed by atoms with E-state index in [9.17, 15) is 9.90 Å². The Balaban J connectivity index is 0.00000144. The summed E-state index contributed by atoms with van der Waals surface area (Å²) < 4.78 is 0. The third-order valence-electron chi connectivity index (χ3n) is 3.36. The number of rotatable bonds is 4. The van der Waals surface area contributed by atoms with Gasteiger partial charge < -0.3 is 9.90 Å². The Labute approximate surface area is 125 Å². The van der Waals surface area contributed by atoms with Crippen molar-refractivity contribution in [3.8, 4) is 0 Å². The quantitative estimate of drug-likeness (QED) is 0.601. The predicted molar refractivity (Wildman–Crippen MR) is 61.0 cm³/mol. The molecule has 0 spiro atoms. The Bertz CT molecular complexity index is 401. The van der Waals surface area contributed by atoms with Gasteiger partial charge in [-0.05, 0) is 42.4 Å². The van der Waals surface area contributed by atoms with Crippen LogP contribution in [0.25, 0.3) is 0 Å². The molecule has 0 aromatic heterocycles. The standard InChI is InChI=1S/C14H18O2.Na/c1-2-3-4-10-5-6-11-8-13(14(15)16)9-12(11)7-10;/h5-7,13H,2-4,8-9H2,1H3,(H,15,16);/q;+1/p-1. The van der Waals surface area contributed by atoms with Crippen LogP contribution in [0.5, 0.6) is 0 Å². The molecule has 0 bridgehead atoms. The monoisotopic (exact) mass is 240 g/mol. The van der Waals surface area contributed by atoms with Crippen molar-refractivity contribution in [2.45, 2.75) is 39.0 Å². The van der Waals surface area contributed by atoms with Gasteiger partial charge in [-0.1, -0.05) is 31.5 Å². The number of carbonyl (C=O) groups is 1. The molecule has 86 valence electrons. The van der Waals surface area contributed by atoms with Crippen molar-refractivity contribution in [2.75, 3.05) is 0 Å². The van der Waals surface area contributed by atoms with Crippen molar-refractivity contribution >= 4 is 5.97 Å². The smallest absolute Gasteiger partial charge is 0.550 e. The van der Waals surface area contributed by atoms with Gasteiger partial charge in [0.25, 0.3) is 0 Å². The van der Waals surface area contributed by atoms with Gasteiger partial charge in [0.2, 0.25) is 0 Å². The average Bonchev–Trinajstić information content (AvgIpc) is 2.69. The number of carbonyl (C=O) groups excluding carboxylic acids is 1. The van der Waals surface area contributed by atoms with E-state index in [0.717, 1.165) is 6.42 Å². The van der Waals surface area contributed by atoms with Gasteiger partial charge in [-0.25, -0.2) is 0 Å². The first-order valence-electron chi connectivity index (χ1n) is 6.02. The summed E-state index contributed by atoms with van der Waals surface area (Å²) in [6.07, 6.45) is 4.78. The maximum absolute atomic E-state index is 10.8. The molecular formula is C14H17NaO2. The first-order valence-corrected chi connectivity index (χ1v) is 6.02. The summed E-state index contributed by atoms with van der Waals surface area (Å²) >= 11 is 0. The molecule has 1 atom stereocenters. The summed E-state index contributed by atoms with van der Waals surface area (Å²) in [5.41, 5.74) is 3.73. The zero-order valence-corrected chi connectivity index (χ0v) is 12.7. The molecule has 0 saturated heterocycles. The van der Waals surface area contributed by atoms with E-state index in [0.29, 0.717) is 12.8 Å². The van der Waals surface area contributed by atoms with Gasteiger partial charge in [-0.2, -0.15) is 0 Å². The number of carboxylic acid groups (broad SMARTS) is 1. The Morgan fingerprint density at radius 1 is 1.35 bits per heavy atom. The molecule has 1 aliphatic carbocycles. The predicted octanol–water partition coefficient (Wildman–Crippen LogP) is -1.50. The van der Waals surface area contributed by atoms with Gasteiger partial charge in [0, 0.05) is 11.9 Å². The van der Waals surface area contributed by atoms with Crippen LogP contribution in [0, 0.1) is 5.92 Å². The van der Waals surface area contributed by atoms with Crippen LogP contribution in [0.3, 0.4) is 0 Å². The number of benzene rings is 1. The summed E-state index contributed by atoms with van der Waals surface area (Å²) in [5.74, 6) is -1.22. The second kappa shape index (κ2) is 6.58. The van der Waals surface area contributed by atoms with Crippen LogP contribution in [-0.4, -0.2) is 5.97 Å². The van der Waals surface area contributed by atoms with E-state index < -0.39 is 5.97 Å². The second-order valence-corrected chi connectivity index (χ2v) is 4.63. The molecule has 1 aromatic carbocycles. The minimum Gasteiger partial charge on any atom is -0.550 e. The van der Waals surface area contributed by atoms with Crippen LogP contribution >= 0.6 is 0 Å². The molecule has 3 heteroatoms. The van der Waals surface area contributed by atoms with Crippen molar-refractivity contribution in [3.63, 3.8) is 0 Å². The van der Waals surface area contributed by atoms with Crippen LogP contribution in [-0.2, 0) is 24.1 Å². The number of hydrogen-bond donors (Lipinski definition) is 0. The van der Waals surface area contributed by atoms with Crippen molar-refractivity contribution < 1.29 is 39.5 Å². The number of unbranched alkanes of at least 4 members (excludes halogenated alkanes) is 1. The molecule has 0 heterocycles. The number of hydrogen-bond acceptors (Lipinski definition) is 2. The summed E-state index contributed by atoms with van der Waals surface area (Å²) in [4.78, 5) is 10.8. The van der Waals surface area contributed by atoms with E-state index >= 15 is 0 Å². The molecule has 2 rings (SSSR count). The van der Waals surface area contributed by atoms with Crippen molar-refractivity contribution in [2.24, 2.45) is 5.92 Å². The Morgan fingerprint density at radius 2 is 2.06 bits per heavy atom. The normalized spacial score (nSPS) is 17.4. The first kappa shape index (κ1) is 14.7. The van der Waals surface area contributed by atoms with Gasteiger partial charge in [-0.3, -0.25) is 0 Å². The zero-order valence-electron chi connectivity index (χ0n) is 10.7. The van der Waals surface area contributed by atoms with Crippen LogP contribution in [0.15, 0.2) is 18.2 Å². The Kier molecular flexibility index (Phi) is 5.71. The van der Waals surface area contributed by atoms with Crippen molar-refractivity contribution in [3.05, 3.63) is 34.9 Å². The molecule has 1 aliphatic rings.